The smallest absolute Gasteiger partial charge is 0.314 e. The molecule has 1 aromatic rings. The molecule has 14 heteroatoms. The normalized spacial score (nSPS) is 20.0. The lowest BCUT2D eigenvalue weighted by Crippen LogP contribution is -2.35. The van der Waals surface area contributed by atoms with Gasteiger partial charge in [-0.3, -0.25) is 9.35 Å². The summed E-state index contributed by atoms with van der Waals surface area (Å²) < 4.78 is 36.2. The molecule has 0 aromatic carbocycles. The molecule has 0 aliphatic carbocycles. The lowest BCUT2D eigenvalue weighted by atomic mass is 10.2. The van der Waals surface area contributed by atoms with Crippen molar-refractivity contribution in [2.24, 2.45) is 0 Å². The van der Waals surface area contributed by atoms with E-state index in [1.807, 2.05) is 0 Å². The topological polar surface area (TPSA) is 159 Å². The van der Waals surface area contributed by atoms with Crippen LogP contribution in [0.4, 0.5) is 10.6 Å². The van der Waals surface area contributed by atoms with E-state index in [1.54, 1.807) is 13.1 Å². The zero-order chi connectivity index (χ0) is 18.2. The number of anilines is 1. The van der Waals surface area contributed by atoms with Crippen LogP contribution in [0.25, 0.3) is 5.70 Å². The molecule has 0 saturated carbocycles. The molecule has 1 atom stereocenters. The van der Waals surface area contributed by atoms with Gasteiger partial charge in [-0.15, -0.1) is 9.38 Å². The molecule has 0 spiro atoms. The predicted octanol–water partition coefficient (Wildman–Crippen LogP) is -1.87. The Morgan fingerprint density at radius 1 is 1.52 bits per heavy atom. The first-order valence-corrected chi connectivity index (χ1v) is 8.46. The van der Waals surface area contributed by atoms with Crippen molar-refractivity contribution in [2.75, 3.05) is 32.0 Å². The highest BCUT2D eigenvalue weighted by atomic mass is 32.3. The van der Waals surface area contributed by atoms with Gasteiger partial charge in [-0.2, -0.15) is 13.5 Å². The van der Waals surface area contributed by atoms with Crippen molar-refractivity contribution in [1.29, 1.82) is 0 Å². The molecule has 136 valence electrons. The van der Waals surface area contributed by atoms with E-state index in [9.17, 15) is 18.0 Å². The number of hydrogen-bond donors (Lipinski definition) is 3. The highest BCUT2D eigenvalue weighted by Gasteiger charge is 2.43. The van der Waals surface area contributed by atoms with Crippen LogP contribution >= 0.6 is 0 Å². The van der Waals surface area contributed by atoms with E-state index in [0.29, 0.717) is 10.8 Å². The Morgan fingerprint density at radius 3 is 2.96 bits per heavy atom. The van der Waals surface area contributed by atoms with Crippen molar-refractivity contribution in [3.63, 3.8) is 0 Å². The van der Waals surface area contributed by atoms with Gasteiger partial charge in [0.1, 0.15) is 6.04 Å². The monoisotopic (exact) mass is 373 g/mol. The van der Waals surface area contributed by atoms with Crippen LogP contribution in [-0.2, 0) is 19.5 Å². The van der Waals surface area contributed by atoms with Crippen molar-refractivity contribution in [1.82, 2.24) is 30.3 Å². The van der Waals surface area contributed by atoms with Gasteiger partial charge in [-0.25, -0.2) is 9.48 Å². The fourth-order valence-corrected chi connectivity index (χ4v) is 2.91. The second-order valence-electron chi connectivity index (χ2n) is 5.34. The van der Waals surface area contributed by atoms with Gasteiger partial charge in [-0.05, 0) is 13.1 Å². The van der Waals surface area contributed by atoms with Crippen LogP contribution in [0.5, 0.6) is 0 Å². The Labute approximate surface area is 142 Å². The summed E-state index contributed by atoms with van der Waals surface area (Å²) in [7, 11) is -3.19. The van der Waals surface area contributed by atoms with Gasteiger partial charge in [0, 0.05) is 6.54 Å². The van der Waals surface area contributed by atoms with Crippen LogP contribution in [-0.4, -0.2) is 82.6 Å². The molecule has 3 N–H and O–H groups in total. The van der Waals surface area contributed by atoms with Crippen molar-refractivity contribution in [2.45, 2.75) is 6.04 Å². The molecule has 1 aromatic heterocycles. The van der Waals surface area contributed by atoms with E-state index < -0.39 is 22.5 Å². The second kappa shape index (κ2) is 6.40. The Kier molecular flexibility index (Phi) is 4.42. The molecule has 2 bridgehead atoms. The van der Waals surface area contributed by atoms with Crippen LogP contribution < -0.4 is 10.6 Å². The zero-order valence-electron chi connectivity index (χ0n) is 13.0. The van der Waals surface area contributed by atoms with Crippen LogP contribution in [0.15, 0.2) is 12.3 Å². The number of amides is 3. The Bertz CT molecular complexity index is 834. The molecule has 3 rings (SSSR count). The average molecular weight is 373 g/mol. The van der Waals surface area contributed by atoms with E-state index in [4.69, 9.17) is 4.55 Å². The SMILES string of the molecule is CNCC(=O)Nc1cn(C2=CC3CN(C2)C(=O)N3OS(=O)(=O)O)nn1. The summed E-state index contributed by atoms with van der Waals surface area (Å²) in [6, 6.07) is -1.42. The van der Waals surface area contributed by atoms with E-state index in [1.165, 1.54) is 15.8 Å². The largest absolute Gasteiger partial charge is 0.418 e. The van der Waals surface area contributed by atoms with E-state index in [2.05, 4.69) is 25.2 Å². The molecule has 1 unspecified atom stereocenters. The van der Waals surface area contributed by atoms with Crippen molar-refractivity contribution < 1.29 is 26.8 Å². The van der Waals surface area contributed by atoms with E-state index >= 15 is 0 Å². The maximum atomic E-state index is 12.1. The van der Waals surface area contributed by atoms with Crippen LogP contribution in [0.2, 0.25) is 0 Å². The van der Waals surface area contributed by atoms with Gasteiger partial charge in [-0.1, -0.05) is 5.21 Å². The summed E-state index contributed by atoms with van der Waals surface area (Å²) in [5, 5.41) is 13.5. The lowest BCUT2D eigenvalue weighted by Gasteiger charge is -2.20. The van der Waals surface area contributed by atoms with Gasteiger partial charge in [0.15, 0.2) is 5.82 Å². The fourth-order valence-electron chi connectivity index (χ4n) is 2.53. The third-order valence-corrected chi connectivity index (χ3v) is 3.82. The lowest BCUT2D eigenvalue weighted by molar-refractivity contribution is -0.115. The van der Waals surface area contributed by atoms with Crippen molar-refractivity contribution >= 4 is 33.9 Å². The number of likely N-dealkylation sites (N-methyl/N-ethyl adjacent to an activating group) is 1. The van der Waals surface area contributed by atoms with Crippen LogP contribution in [0.3, 0.4) is 0 Å². The van der Waals surface area contributed by atoms with Crippen LogP contribution in [0.1, 0.15) is 0 Å². The molecule has 3 heterocycles. The number of aromatic nitrogens is 3. The molecule has 1 fully saturated rings. The molecule has 13 nitrogen and oxygen atoms in total. The minimum absolute atomic E-state index is 0.113. The third kappa shape index (κ3) is 3.76. The van der Waals surface area contributed by atoms with Crippen molar-refractivity contribution in [3.05, 3.63) is 12.3 Å². The number of nitrogens with zero attached hydrogens (tertiary/aromatic N) is 5. The first-order valence-electron chi connectivity index (χ1n) is 7.10. The highest BCUT2D eigenvalue weighted by molar-refractivity contribution is 7.80. The Balaban J connectivity index is 1.76. The Morgan fingerprint density at radius 2 is 2.28 bits per heavy atom. The second-order valence-corrected chi connectivity index (χ2v) is 6.35. The number of carbonyl (C=O) groups excluding carboxylic acids is 2. The predicted molar refractivity (Wildman–Crippen MR) is 82.1 cm³/mol. The van der Waals surface area contributed by atoms with E-state index in [-0.39, 0.29) is 31.4 Å². The number of urea groups is 1. The number of rotatable bonds is 6. The number of fused-ring (bicyclic) bond motifs is 2. The standard InChI is InChI=1S/C11H15N7O6S/c1-12-3-10(19)13-9-6-17(15-14-9)7-2-8-5-16(4-7)11(20)18(8)24-25(21,22)23/h2,6,8,12H,3-5H2,1H3,(H,13,19)(H,21,22,23). The maximum absolute atomic E-state index is 12.1. The van der Waals surface area contributed by atoms with Crippen LogP contribution in [0, 0.1) is 0 Å². The molecule has 0 radical (unpaired) electrons. The number of hydroxylamine groups is 2. The van der Waals surface area contributed by atoms with Gasteiger partial charge in [0.2, 0.25) is 5.91 Å². The number of nitrogens with one attached hydrogen (secondary N) is 2. The van der Waals surface area contributed by atoms with Gasteiger partial charge in [0.25, 0.3) is 0 Å². The highest BCUT2D eigenvalue weighted by Crippen LogP contribution is 2.27. The fraction of sp³-hybridized carbons (Fsp3) is 0.455. The van der Waals surface area contributed by atoms with Gasteiger partial charge < -0.3 is 15.5 Å². The summed E-state index contributed by atoms with van der Waals surface area (Å²) in [5.74, 6) is -0.0645. The average Bonchev–Trinajstić information content (AvgIpc) is 3.06. The minimum Gasteiger partial charge on any atom is -0.314 e. The summed E-state index contributed by atoms with van der Waals surface area (Å²) >= 11 is 0. The summed E-state index contributed by atoms with van der Waals surface area (Å²) in [6.45, 7) is 0.452. The van der Waals surface area contributed by atoms with Gasteiger partial charge >= 0.3 is 16.4 Å². The van der Waals surface area contributed by atoms with Gasteiger partial charge in [0.05, 0.1) is 25.0 Å². The summed E-state index contributed by atoms with van der Waals surface area (Å²) in [4.78, 5) is 24.9. The number of hydrogen-bond acceptors (Lipinski definition) is 8. The molecular weight excluding hydrogens is 358 g/mol. The van der Waals surface area contributed by atoms with E-state index in [0.717, 1.165) is 0 Å². The summed E-state index contributed by atoms with van der Waals surface area (Å²) in [6.07, 6.45) is 3.03. The molecule has 2 aliphatic rings. The molecule has 2 aliphatic heterocycles. The van der Waals surface area contributed by atoms with Crippen molar-refractivity contribution in [3.8, 4) is 0 Å². The first-order chi connectivity index (χ1) is 11.8. The third-order valence-electron chi connectivity index (χ3n) is 3.47. The summed E-state index contributed by atoms with van der Waals surface area (Å²) in [5.41, 5.74) is 0.535. The molecule has 25 heavy (non-hydrogen) atoms. The molecular formula is C11H15N7O6S. The maximum Gasteiger partial charge on any atom is 0.418 e. The molecule has 3 amide bonds. The molecule has 1 saturated heterocycles. The Hall–Kier alpha value is -2.55. The quantitative estimate of drug-likeness (QED) is 0.486. The zero-order valence-corrected chi connectivity index (χ0v) is 13.8. The minimum atomic E-state index is -4.82. The number of carbonyl (C=O) groups is 2. The first kappa shape index (κ1) is 17.3.